The highest BCUT2D eigenvalue weighted by molar-refractivity contribution is 5.79. The van der Waals surface area contributed by atoms with Crippen molar-refractivity contribution in [2.75, 3.05) is 27.4 Å². The molecule has 0 aromatic heterocycles. The van der Waals surface area contributed by atoms with Gasteiger partial charge in [0.05, 0.1) is 19.8 Å². The highest BCUT2D eigenvalue weighted by atomic mass is 16.5. The van der Waals surface area contributed by atoms with E-state index < -0.39 is 0 Å². The Hall–Kier alpha value is -2.57. The van der Waals surface area contributed by atoms with Gasteiger partial charge in [-0.05, 0) is 29.7 Å². The third kappa shape index (κ3) is 6.21. The summed E-state index contributed by atoms with van der Waals surface area (Å²) in [4.78, 5) is 4.35. The monoisotopic (exact) mass is 397 g/mol. The van der Waals surface area contributed by atoms with Gasteiger partial charge in [0.25, 0.3) is 0 Å². The number of hydrogen-bond acceptors (Lipinski definition) is 4. The molecule has 1 fully saturated rings. The molecule has 1 unspecified atom stereocenters. The number of methoxy groups -OCH3 is 1. The minimum atomic E-state index is 0.130. The average molecular weight is 398 g/mol. The molecule has 0 radical (unpaired) electrons. The molecule has 0 spiro atoms. The fourth-order valence-electron chi connectivity index (χ4n) is 3.31. The first-order valence-corrected chi connectivity index (χ1v) is 10.0. The van der Waals surface area contributed by atoms with Crippen molar-refractivity contribution in [3.8, 4) is 5.75 Å². The number of ether oxygens (including phenoxy) is 3. The second-order valence-electron chi connectivity index (χ2n) is 7.20. The van der Waals surface area contributed by atoms with Crippen LogP contribution in [0, 0.1) is 6.92 Å². The van der Waals surface area contributed by atoms with E-state index in [2.05, 4.69) is 52.9 Å². The van der Waals surface area contributed by atoms with E-state index in [0.29, 0.717) is 26.3 Å². The number of nitrogens with one attached hydrogen (secondary N) is 2. The quantitative estimate of drug-likeness (QED) is 0.529. The number of aliphatic imine (C=N–C) groups is 1. The van der Waals surface area contributed by atoms with Gasteiger partial charge in [0.2, 0.25) is 0 Å². The Kier molecular flexibility index (Phi) is 7.90. The van der Waals surface area contributed by atoms with Crippen LogP contribution < -0.4 is 15.4 Å². The average Bonchev–Trinajstić information content (AvgIpc) is 3.24. The van der Waals surface area contributed by atoms with E-state index >= 15 is 0 Å². The molecule has 2 aromatic rings. The first-order chi connectivity index (χ1) is 14.2. The number of nitrogens with zero attached hydrogens (tertiary/aromatic N) is 1. The summed E-state index contributed by atoms with van der Waals surface area (Å²) in [6.07, 6.45) is 1.07. The molecule has 0 aliphatic carbocycles. The second kappa shape index (κ2) is 10.8. The maximum Gasteiger partial charge on any atom is 0.191 e. The lowest BCUT2D eigenvalue weighted by atomic mass is 10.1. The fourth-order valence-corrected chi connectivity index (χ4v) is 3.31. The van der Waals surface area contributed by atoms with Crippen LogP contribution in [0.5, 0.6) is 5.75 Å². The van der Waals surface area contributed by atoms with Crippen molar-refractivity contribution < 1.29 is 14.2 Å². The van der Waals surface area contributed by atoms with E-state index in [-0.39, 0.29) is 6.10 Å². The molecule has 6 nitrogen and oxygen atoms in total. The zero-order valence-corrected chi connectivity index (χ0v) is 17.5. The Morgan fingerprint density at radius 1 is 1.10 bits per heavy atom. The molecule has 1 heterocycles. The van der Waals surface area contributed by atoms with Crippen molar-refractivity contribution in [3.05, 3.63) is 64.7 Å². The van der Waals surface area contributed by atoms with E-state index in [1.807, 2.05) is 12.1 Å². The van der Waals surface area contributed by atoms with Gasteiger partial charge in [-0.1, -0.05) is 36.4 Å². The highest BCUT2D eigenvalue weighted by Crippen LogP contribution is 2.23. The zero-order chi connectivity index (χ0) is 20.5. The van der Waals surface area contributed by atoms with Gasteiger partial charge in [-0.15, -0.1) is 0 Å². The van der Waals surface area contributed by atoms with Crippen LogP contribution in [0.25, 0.3) is 0 Å². The molecule has 1 aliphatic rings. The Morgan fingerprint density at radius 2 is 1.86 bits per heavy atom. The van der Waals surface area contributed by atoms with Gasteiger partial charge < -0.3 is 24.8 Å². The molecule has 0 amide bonds. The number of aryl methyl sites for hydroxylation is 1. The van der Waals surface area contributed by atoms with Crippen LogP contribution in [-0.2, 0) is 29.2 Å². The Bertz CT molecular complexity index is 817. The van der Waals surface area contributed by atoms with E-state index in [0.717, 1.165) is 30.3 Å². The molecule has 0 bridgehead atoms. The molecule has 2 aromatic carbocycles. The Labute approximate surface area is 173 Å². The molecule has 3 rings (SSSR count). The summed E-state index contributed by atoms with van der Waals surface area (Å²) in [5, 5.41) is 6.77. The van der Waals surface area contributed by atoms with Gasteiger partial charge >= 0.3 is 0 Å². The molecule has 156 valence electrons. The fraction of sp³-hybridized carbons (Fsp3) is 0.435. The highest BCUT2D eigenvalue weighted by Gasteiger charge is 2.18. The lowest BCUT2D eigenvalue weighted by molar-refractivity contribution is 0.140. The molecule has 6 heteroatoms. The first kappa shape index (κ1) is 21.1. The second-order valence-corrected chi connectivity index (χ2v) is 7.20. The summed E-state index contributed by atoms with van der Waals surface area (Å²) in [5.41, 5.74) is 4.65. The van der Waals surface area contributed by atoms with E-state index in [1.54, 1.807) is 14.2 Å². The van der Waals surface area contributed by atoms with Crippen molar-refractivity contribution in [2.24, 2.45) is 4.99 Å². The van der Waals surface area contributed by atoms with Gasteiger partial charge in [-0.2, -0.15) is 0 Å². The van der Waals surface area contributed by atoms with Crippen LogP contribution in [0.3, 0.4) is 0 Å². The summed E-state index contributed by atoms with van der Waals surface area (Å²) in [5.74, 6) is 1.65. The Morgan fingerprint density at radius 3 is 2.55 bits per heavy atom. The van der Waals surface area contributed by atoms with Crippen LogP contribution >= 0.6 is 0 Å². The molecule has 0 saturated carbocycles. The number of hydrogen-bond donors (Lipinski definition) is 2. The molecule has 1 aliphatic heterocycles. The lowest BCUT2D eigenvalue weighted by Crippen LogP contribution is -2.36. The minimum absolute atomic E-state index is 0.130. The van der Waals surface area contributed by atoms with Gasteiger partial charge in [0.15, 0.2) is 5.96 Å². The summed E-state index contributed by atoms with van der Waals surface area (Å²) >= 11 is 0. The zero-order valence-electron chi connectivity index (χ0n) is 17.5. The first-order valence-electron chi connectivity index (χ1n) is 10.0. The topological polar surface area (TPSA) is 64.1 Å². The van der Waals surface area contributed by atoms with Gasteiger partial charge in [-0.25, -0.2) is 0 Å². The third-order valence-electron chi connectivity index (χ3n) is 4.94. The maximum absolute atomic E-state index is 6.19. The van der Waals surface area contributed by atoms with Crippen molar-refractivity contribution in [1.82, 2.24) is 10.6 Å². The predicted octanol–water partition coefficient (Wildman–Crippen LogP) is 3.17. The number of rotatable bonds is 8. The van der Waals surface area contributed by atoms with Crippen LogP contribution in [0.15, 0.2) is 47.5 Å². The normalized spacial score (nSPS) is 16.7. The molecule has 29 heavy (non-hydrogen) atoms. The molecule has 1 atom stereocenters. The van der Waals surface area contributed by atoms with Crippen molar-refractivity contribution >= 4 is 5.96 Å². The number of guanidine groups is 1. The largest absolute Gasteiger partial charge is 0.488 e. The summed E-state index contributed by atoms with van der Waals surface area (Å²) in [6.45, 7) is 5.40. The molecule has 2 N–H and O–H groups in total. The van der Waals surface area contributed by atoms with Gasteiger partial charge in [-0.3, -0.25) is 4.99 Å². The Balaban J connectivity index is 1.59. The van der Waals surface area contributed by atoms with Gasteiger partial charge in [0.1, 0.15) is 11.9 Å². The predicted molar refractivity (Wildman–Crippen MR) is 115 cm³/mol. The number of benzene rings is 2. The van der Waals surface area contributed by atoms with Crippen LogP contribution in [-0.4, -0.2) is 39.4 Å². The minimum Gasteiger partial charge on any atom is -0.488 e. The van der Waals surface area contributed by atoms with Crippen molar-refractivity contribution in [2.45, 2.75) is 39.1 Å². The summed E-state index contributed by atoms with van der Waals surface area (Å²) in [6, 6.07) is 14.5. The maximum atomic E-state index is 6.19. The standard InChI is InChI=1S/C23H31N3O3/c1-17-8-9-19(22(12-17)29-21-10-11-28-16-21)14-26-23(24-2)25-13-18-6-4-5-7-20(18)15-27-3/h4-9,12,21H,10-11,13-16H2,1-3H3,(H2,24,25,26). The van der Waals surface area contributed by atoms with Crippen LogP contribution in [0.2, 0.25) is 0 Å². The molecular formula is C23H31N3O3. The van der Waals surface area contributed by atoms with Crippen LogP contribution in [0.1, 0.15) is 28.7 Å². The SMILES string of the molecule is CN=C(NCc1ccccc1COC)NCc1ccc(C)cc1OC1CCOC1. The summed E-state index contributed by atoms with van der Waals surface area (Å²) < 4.78 is 16.9. The van der Waals surface area contributed by atoms with Crippen molar-refractivity contribution in [1.29, 1.82) is 0 Å². The van der Waals surface area contributed by atoms with E-state index in [9.17, 15) is 0 Å². The lowest BCUT2D eigenvalue weighted by Gasteiger charge is -2.18. The van der Waals surface area contributed by atoms with E-state index in [1.165, 1.54) is 16.7 Å². The smallest absolute Gasteiger partial charge is 0.191 e. The van der Waals surface area contributed by atoms with E-state index in [4.69, 9.17) is 14.2 Å². The third-order valence-corrected chi connectivity index (χ3v) is 4.94. The molecule has 1 saturated heterocycles. The van der Waals surface area contributed by atoms with Crippen molar-refractivity contribution in [3.63, 3.8) is 0 Å². The summed E-state index contributed by atoms with van der Waals surface area (Å²) in [7, 11) is 3.49. The van der Waals surface area contributed by atoms with Gasteiger partial charge in [0, 0.05) is 39.2 Å². The van der Waals surface area contributed by atoms with Crippen LogP contribution in [0.4, 0.5) is 0 Å². The molecular weight excluding hydrogens is 366 g/mol.